The Balaban J connectivity index is 3.17. The Bertz CT molecular complexity index is 642. The molecule has 1 rings (SSSR count). The molecule has 0 amide bonds. The molecule has 0 N–H and O–H groups in total. The molecule has 182 valence electrons. The van der Waals surface area contributed by atoms with Crippen molar-refractivity contribution in [2.45, 2.75) is 103 Å². The first-order valence-corrected chi connectivity index (χ1v) is 22.3. The second-order valence-corrected chi connectivity index (χ2v) is 24.7. The van der Waals surface area contributed by atoms with Gasteiger partial charge in [-0.3, -0.25) is 0 Å². The van der Waals surface area contributed by atoms with Crippen LogP contribution in [0.15, 0.2) is 30.3 Å². The number of unbranched alkanes of at least 4 members (excludes halogenated alkanes) is 4. The molecule has 0 spiro atoms. The van der Waals surface area contributed by atoms with E-state index < -0.39 is 29.8 Å². The predicted molar refractivity (Wildman–Crippen MR) is 147 cm³/mol. The van der Waals surface area contributed by atoms with Crippen molar-refractivity contribution in [3.63, 3.8) is 0 Å². The van der Waals surface area contributed by atoms with Crippen LogP contribution in [0.25, 0.3) is 0 Å². The molecule has 1 aromatic rings. The molecule has 0 heterocycles. The summed E-state index contributed by atoms with van der Waals surface area (Å²) in [7, 11) is 0. The van der Waals surface area contributed by atoms with Crippen LogP contribution in [0.3, 0.4) is 0 Å². The Labute approximate surface area is 214 Å². The summed E-state index contributed by atoms with van der Waals surface area (Å²) in [5, 5.41) is 0. The number of hydrogen-bond donors (Lipinski definition) is 0. The molecule has 1 atom stereocenters. The van der Waals surface area contributed by atoms with Gasteiger partial charge in [-0.1, -0.05) is 0 Å². The Morgan fingerprint density at radius 3 is 1.88 bits per heavy atom. The third-order valence-electron chi connectivity index (χ3n) is 6.75. The van der Waals surface area contributed by atoms with Gasteiger partial charge in [0.1, 0.15) is 0 Å². The second kappa shape index (κ2) is 16.5. The fraction of sp³-hybridized carbons (Fsp3) is 0.704. The zero-order valence-electron chi connectivity index (χ0n) is 20.9. The van der Waals surface area contributed by atoms with Crippen molar-refractivity contribution in [3.8, 4) is 0 Å². The van der Waals surface area contributed by atoms with E-state index in [1.54, 1.807) is 12.1 Å². The predicted octanol–water partition coefficient (Wildman–Crippen LogP) is 8.83. The van der Waals surface area contributed by atoms with Gasteiger partial charge in [0.05, 0.1) is 0 Å². The molecule has 1 unspecified atom stereocenters. The van der Waals surface area contributed by atoms with Crippen LogP contribution in [0, 0.1) is 5.41 Å². The number of ether oxygens (including phenoxy) is 1. The number of carbonyl (C=O) groups is 2. The molecule has 0 saturated heterocycles. The van der Waals surface area contributed by atoms with Crippen LogP contribution >= 0.6 is 22.6 Å². The topological polar surface area (TPSA) is 43.4 Å². The van der Waals surface area contributed by atoms with Gasteiger partial charge >= 0.3 is 216 Å². The van der Waals surface area contributed by atoms with E-state index in [-0.39, 0.29) is 5.97 Å². The Morgan fingerprint density at radius 2 is 1.41 bits per heavy atom. The SMILES string of the molecule is CCC[CH2][Sn]([CH2]CCC)([CH2]CCC)[CH2]C(C)(CCCCI)C(=O)OC(=O)c1ccccc1. The van der Waals surface area contributed by atoms with Crippen LogP contribution in [-0.2, 0) is 9.53 Å². The molecule has 0 radical (unpaired) electrons. The summed E-state index contributed by atoms with van der Waals surface area (Å²) in [5.41, 5.74) is -0.0881. The van der Waals surface area contributed by atoms with Gasteiger partial charge in [0.25, 0.3) is 0 Å². The van der Waals surface area contributed by atoms with Gasteiger partial charge < -0.3 is 0 Å². The standard InChI is InChI=1S/C15H18IO3.3C4H9.Sn/c1-15(2,10-6-7-11-16)14(18)19-13(17)12-8-4-3-5-9-12;3*1-3-4-2;/h3-5,8-9H,1,6-7,10-11H2,2H3;3*1,3-4H2,2H3;. The van der Waals surface area contributed by atoms with Crippen LogP contribution in [0.2, 0.25) is 17.7 Å². The van der Waals surface area contributed by atoms with Crippen LogP contribution < -0.4 is 0 Å². The minimum absolute atomic E-state index is 0.287. The quantitative estimate of drug-likeness (QED) is 0.0418. The van der Waals surface area contributed by atoms with Gasteiger partial charge in [0.2, 0.25) is 0 Å². The molecule has 0 bridgehead atoms. The number of benzene rings is 1. The molecule has 0 fully saturated rings. The molecular formula is C27H45IO3Sn. The van der Waals surface area contributed by atoms with E-state index in [1.807, 2.05) is 18.2 Å². The first kappa shape index (κ1) is 29.9. The van der Waals surface area contributed by atoms with E-state index in [1.165, 1.54) is 51.8 Å². The average Bonchev–Trinajstić information content (AvgIpc) is 2.80. The van der Waals surface area contributed by atoms with Crippen molar-refractivity contribution in [2.24, 2.45) is 5.41 Å². The third-order valence-corrected chi connectivity index (χ3v) is 24.0. The van der Waals surface area contributed by atoms with Gasteiger partial charge in [0, 0.05) is 0 Å². The van der Waals surface area contributed by atoms with Crippen molar-refractivity contribution in [1.29, 1.82) is 0 Å². The summed E-state index contributed by atoms with van der Waals surface area (Å²) in [5.74, 6) is -0.794. The average molecular weight is 663 g/mol. The normalized spacial score (nSPS) is 13.5. The number of rotatable bonds is 17. The number of alkyl halides is 1. The number of esters is 2. The Kier molecular flexibility index (Phi) is 15.4. The van der Waals surface area contributed by atoms with E-state index >= 15 is 0 Å². The van der Waals surface area contributed by atoms with E-state index in [2.05, 4.69) is 50.3 Å². The van der Waals surface area contributed by atoms with Gasteiger partial charge in [-0.15, -0.1) is 0 Å². The molecule has 3 nitrogen and oxygen atoms in total. The summed E-state index contributed by atoms with van der Waals surface area (Å²) in [6.07, 6.45) is 10.5. The molecule has 5 heteroatoms. The molecule has 1 aromatic carbocycles. The molecule has 0 aliphatic carbocycles. The first-order chi connectivity index (χ1) is 15.4. The zero-order chi connectivity index (χ0) is 23.9. The van der Waals surface area contributed by atoms with Gasteiger partial charge in [-0.2, -0.15) is 0 Å². The fourth-order valence-electron chi connectivity index (χ4n) is 4.84. The second-order valence-electron chi connectivity index (χ2n) is 9.74. The molecule has 0 saturated carbocycles. The number of halogens is 1. The number of hydrogen-bond acceptors (Lipinski definition) is 3. The van der Waals surface area contributed by atoms with Crippen LogP contribution in [0.4, 0.5) is 0 Å². The third kappa shape index (κ3) is 10.4. The van der Waals surface area contributed by atoms with Crippen LogP contribution in [-0.4, -0.2) is 34.7 Å². The maximum atomic E-state index is 13.5. The van der Waals surface area contributed by atoms with Crippen LogP contribution in [0.1, 0.15) is 95.8 Å². The molecule has 0 aliphatic heterocycles. The summed E-state index contributed by atoms with van der Waals surface area (Å²) >= 11 is -0.178. The minimum atomic E-state index is -2.59. The van der Waals surface area contributed by atoms with Gasteiger partial charge in [-0.25, -0.2) is 0 Å². The monoisotopic (exact) mass is 664 g/mol. The summed E-state index contributed by atoms with van der Waals surface area (Å²) in [6.45, 7) is 8.95. The van der Waals surface area contributed by atoms with Crippen molar-refractivity contribution in [1.82, 2.24) is 0 Å². The molecule has 0 aromatic heterocycles. The van der Waals surface area contributed by atoms with Gasteiger partial charge in [-0.05, 0) is 0 Å². The molecular weight excluding hydrogens is 618 g/mol. The molecule has 0 aliphatic rings. The van der Waals surface area contributed by atoms with Crippen molar-refractivity contribution >= 4 is 52.9 Å². The van der Waals surface area contributed by atoms with Gasteiger partial charge in [0.15, 0.2) is 0 Å². The van der Waals surface area contributed by atoms with E-state index in [4.69, 9.17) is 4.74 Å². The van der Waals surface area contributed by atoms with E-state index in [9.17, 15) is 9.59 Å². The Morgan fingerprint density at radius 1 is 0.875 bits per heavy atom. The fourth-order valence-corrected chi connectivity index (χ4v) is 24.1. The first-order valence-electron chi connectivity index (χ1n) is 12.7. The van der Waals surface area contributed by atoms with Crippen molar-refractivity contribution in [2.75, 3.05) is 4.43 Å². The van der Waals surface area contributed by atoms with E-state index in [0.29, 0.717) is 5.56 Å². The van der Waals surface area contributed by atoms with E-state index in [0.717, 1.165) is 28.1 Å². The van der Waals surface area contributed by atoms with Crippen molar-refractivity contribution in [3.05, 3.63) is 35.9 Å². The van der Waals surface area contributed by atoms with Crippen LogP contribution in [0.5, 0.6) is 0 Å². The summed E-state index contributed by atoms with van der Waals surface area (Å²) in [6, 6.07) is 8.92. The molecule has 32 heavy (non-hydrogen) atoms. The maximum absolute atomic E-state index is 13.5. The number of carbonyl (C=O) groups excluding carboxylic acids is 2. The zero-order valence-corrected chi connectivity index (χ0v) is 25.9. The summed E-state index contributed by atoms with van der Waals surface area (Å²) in [4.78, 5) is 26.2. The van der Waals surface area contributed by atoms with Crippen molar-refractivity contribution < 1.29 is 14.3 Å². The Hall–Kier alpha value is -0.111. The summed E-state index contributed by atoms with van der Waals surface area (Å²) < 4.78 is 11.8.